The van der Waals surface area contributed by atoms with Crippen LogP contribution in [0.2, 0.25) is 0 Å². The van der Waals surface area contributed by atoms with Gasteiger partial charge in [-0.1, -0.05) is 12.8 Å². The molecule has 2 aliphatic rings. The number of hydrogen-bond acceptors (Lipinski definition) is 4. The smallest absolute Gasteiger partial charge is 0.286 e. The Morgan fingerprint density at radius 3 is 2.04 bits per heavy atom. The Hall–Kier alpha value is -1.66. The quantitative estimate of drug-likeness (QED) is 0.862. The molecule has 4 rings (SSSR count). The van der Waals surface area contributed by atoms with E-state index in [2.05, 4.69) is 14.8 Å². The second-order valence-electron chi connectivity index (χ2n) is 7.13. The number of piperidine rings is 2. The predicted octanol–water partition coefficient (Wildman–Crippen LogP) is 2.08. The number of hydrogen-bond donors (Lipinski definition) is 0. The molecule has 0 bridgehead atoms. The third kappa shape index (κ3) is 3.13. The average molecular weight is 329 g/mol. The summed E-state index contributed by atoms with van der Waals surface area (Å²) in [6, 6.07) is 3.96. The van der Waals surface area contributed by atoms with E-state index in [-0.39, 0.29) is 5.69 Å². The second-order valence-corrected chi connectivity index (χ2v) is 7.13. The number of imidazole rings is 1. The van der Waals surface area contributed by atoms with Gasteiger partial charge in [-0.2, -0.15) is 0 Å². The molecule has 2 aromatic heterocycles. The molecule has 2 fully saturated rings. The van der Waals surface area contributed by atoms with Crippen molar-refractivity contribution in [2.75, 3.05) is 26.2 Å². The van der Waals surface area contributed by atoms with Gasteiger partial charge in [-0.3, -0.25) is 18.9 Å². The van der Waals surface area contributed by atoms with E-state index in [0.29, 0.717) is 13.3 Å². The Morgan fingerprint density at radius 2 is 1.42 bits per heavy atom. The molecule has 0 saturated carbocycles. The lowest BCUT2D eigenvalue weighted by atomic mass is 10.1. The van der Waals surface area contributed by atoms with Gasteiger partial charge in [-0.05, 0) is 64.0 Å². The number of likely N-dealkylation sites (tertiary alicyclic amines) is 2. The summed E-state index contributed by atoms with van der Waals surface area (Å²) in [7, 11) is 0. The summed E-state index contributed by atoms with van der Waals surface area (Å²) in [6.45, 7) is 5.69. The molecule has 0 atom stereocenters. The Balaban J connectivity index is 1.65. The molecule has 0 N–H and O–H groups in total. The van der Waals surface area contributed by atoms with E-state index in [1.165, 1.54) is 38.5 Å². The lowest BCUT2D eigenvalue weighted by molar-refractivity contribution is 0.170. The van der Waals surface area contributed by atoms with Gasteiger partial charge < -0.3 is 0 Å². The summed E-state index contributed by atoms with van der Waals surface area (Å²) in [6.07, 6.45) is 9.34. The highest BCUT2D eigenvalue weighted by molar-refractivity contribution is 5.71. The van der Waals surface area contributed by atoms with Crippen molar-refractivity contribution in [1.29, 1.82) is 0 Å². The SMILES string of the molecule is O=c1n(CN2CCCCC2)c2cccnc2n1CN1CCCCC1. The minimum absolute atomic E-state index is 0.0832. The molecule has 130 valence electrons. The van der Waals surface area contributed by atoms with Crippen LogP contribution in [0, 0.1) is 0 Å². The van der Waals surface area contributed by atoms with Crippen LogP contribution in [-0.4, -0.2) is 50.1 Å². The first-order valence-corrected chi connectivity index (χ1v) is 9.32. The molecule has 2 aliphatic heterocycles. The Bertz CT molecular complexity index is 677. The van der Waals surface area contributed by atoms with Crippen molar-refractivity contribution < 1.29 is 0 Å². The molecule has 6 heteroatoms. The Kier molecular flexibility index (Phi) is 4.67. The van der Waals surface area contributed by atoms with Gasteiger partial charge in [0.05, 0.1) is 18.9 Å². The van der Waals surface area contributed by atoms with Crippen LogP contribution in [0.5, 0.6) is 0 Å². The van der Waals surface area contributed by atoms with Crippen LogP contribution in [0.3, 0.4) is 0 Å². The van der Waals surface area contributed by atoms with Crippen molar-refractivity contribution in [1.82, 2.24) is 23.9 Å². The average Bonchev–Trinajstić information content (AvgIpc) is 2.90. The van der Waals surface area contributed by atoms with E-state index in [1.807, 2.05) is 21.3 Å². The second kappa shape index (κ2) is 7.07. The number of aromatic nitrogens is 3. The van der Waals surface area contributed by atoms with Crippen molar-refractivity contribution in [3.8, 4) is 0 Å². The van der Waals surface area contributed by atoms with Crippen LogP contribution in [0.25, 0.3) is 11.2 Å². The molecule has 4 heterocycles. The third-order valence-corrected chi connectivity index (χ3v) is 5.35. The maximum Gasteiger partial charge on any atom is 0.332 e. The van der Waals surface area contributed by atoms with E-state index in [0.717, 1.165) is 37.3 Å². The van der Waals surface area contributed by atoms with Gasteiger partial charge in [-0.25, -0.2) is 9.78 Å². The molecule has 0 radical (unpaired) electrons. The molecule has 2 aromatic rings. The number of nitrogens with zero attached hydrogens (tertiary/aromatic N) is 5. The van der Waals surface area contributed by atoms with Crippen LogP contribution in [0.15, 0.2) is 23.1 Å². The van der Waals surface area contributed by atoms with E-state index in [1.54, 1.807) is 6.20 Å². The summed E-state index contributed by atoms with van der Waals surface area (Å²) in [4.78, 5) is 22.4. The monoisotopic (exact) mass is 329 g/mol. The zero-order valence-corrected chi connectivity index (χ0v) is 14.4. The van der Waals surface area contributed by atoms with Crippen LogP contribution in [0.4, 0.5) is 0 Å². The van der Waals surface area contributed by atoms with Crippen molar-refractivity contribution in [3.05, 3.63) is 28.8 Å². The van der Waals surface area contributed by atoms with Crippen LogP contribution in [-0.2, 0) is 13.3 Å². The van der Waals surface area contributed by atoms with E-state index >= 15 is 0 Å². The highest BCUT2D eigenvalue weighted by Crippen LogP contribution is 2.16. The Labute approximate surface area is 142 Å². The molecule has 24 heavy (non-hydrogen) atoms. The van der Waals surface area contributed by atoms with Gasteiger partial charge in [0.15, 0.2) is 5.65 Å². The molecule has 0 aliphatic carbocycles. The minimum Gasteiger partial charge on any atom is -0.286 e. The zero-order chi connectivity index (χ0) is 16.4. The van der Waals surface area contributed by atoms with Crippen molar-refractivity contribution in [3.63, 3.8) is 0 Å². The maximum absolute atomic E-state index is 13.1. The first-order chi connectivity index (χ1) is 11.8. The van der Waals surface area contributed by atoms with Crippen molar-refractivity contribution >= 4 is 11.2 Å². The summed E-state index contributed by atoms with van der Waals surface area (Å²) in [5, 5.41) is 0. The molecular weight excluding hydrogens is 302 g/mol. The van der Waals surface area contributed by atoms with Gasteiger partial charge in [0.1, 0.15) is 0 Å². The van der Waals surface area contributed by atoms with Crippen LogP contribution >= 0.6 is 0 Å². The largest absolute Gasteiger partial charge is 0.332 e. The van der Waals surface area contributed by atoms with Gasteiger partial charge in [0.25, 0.3) is 0 Å². The fourth-order valence-corrected chi connectivity index (χ4v) is 4.01. The van der Waals surface area contributed by atoms with Gasteiger partial charge in [0.2, 0.25) is 0 Å². The highest BCUT2D eigenvalue weighted by Gasteiger charge is 2.20. The fourth-order valence-electron chi connectivity index (χ4n) is 4.01. The Morgan fingerprint density at radius 1 is 0.833 bits per heavy atom. The molecule has 2 saturated heterocycles. The fraction of sp³-hybridized carbons (Fsp3) is 0.667. The molecule has 0 aromatic carbocycles. The maximum atomic E-state index is 13.1. The topological polar surface area (TPSA) is 46.3 Å². The van der Waals surface area contributed by atoms with Crippen LogP contribution < -0.4 is 5.69 Å². The lowest BCUT2D eigenvalue weighted by Crippen LogP contribution is -2.39. The van der Waals surface area contributed by atoms with Gasteiger partial charge in [0, 0.05) is 6.20 Å². The van der Waals surface area contributed by atoms with Crippen molar-refractivity contribution in [2.24, 2.45) is 0 Å². The predicted molar refractivity (Wildman–Crippen MR) is 94.8 cm³/mol. The summed E-state index contributed by atoms with van der Waals surface area (Å²) < 4.78 is 3.78. The van der Waals surface area contributed by atoms with Gasteiger partial charge >= 0.3 is 5.69 Å². The summed E-state index contributed by atoms with van der Waals surface area (Å²) >= 11 is 0. The molecule has 0 spiro atoms. The van der Waals surface area contributed by atoms with Crippen LogP contribution in [0.1, 0.15) is 38.5 Å². The number of rotatable bonds is 4. The van der Waals surface area contributed by atoms with E-state index in [4.69, 9.17) is 0 Å². The number of fused-ring (bicyclic) bond motifs is 1. The number of pyridine rings is 1. The lowest BCUT2D eigenvalue weighted by Gasteiger charge is -2.27. The molecule has 6 nitrogen and oxygen atoms in total. The zero-order valence-electron chi connectivity index (χ0n) is 14.4. The highest BCUT2D eigenvalue weighted by atomic mass is 16.2. The molecular formula is C18H27N5O. The minimum atomic E-state index is 0.0832. The third-order valence-electron chi connectivity index (χ3n) is 5.35. The first-order valence-electron chi connectivity index (χ1n) is 9.32. The molecule has 0 amide bonds. The normalized spacial score (nSPS) is 20.7. The first kappa shape index (κ1) is 15.8. The van der Waals surface area contributed by atoms with Crippen molar-refractivity contribution in [2.45, 2.75) is 51.9 Å². The van der Waals surface area contributed by atoms with E-state index < -0.39 is 0 Å². The summed E-state index contributed by atoms with van der Waals surface area (Å²) in [5.74, 6) is 0. The van der Waals surface area contributed by atoms with E-state index in [9.17, 15) is 4.79 Å². The summed E-state index contributed by atoms with van der Waals surface area (Å²) in [5.41, 5.74) is 1.87. The molecule has 0 unspecified atom stereocenters. The van der Waals surface area contributed by atoms with Gasteiger partial charge in [-0.15, -0.1) is 0 Å². The standard InChI is InChI=1S/C18H27N5O/c24-18-22(14-20-10-3-1-4-11-20)16-8-7-9-19-17(16)23(18)15-21-12-5-2-6-13-21/h7-9H,1-6,10-15H2.